The minimum atomic E-state index is -3.72. The summed E-state index contributed by atoms with van der Waals surface area (Å²) in [6, 6.07) is 31.3. The number of aryl methyl sites for hydroxylation is 1. The summed E-state index contributed by atoms with van der Waals surface area (Å²) in [6.45, 7) is 1.81. The van der Waals surface area contributed by atoms with Crippen molar-refractivity contribution < 1.29 is 13.2 Å². The highest BCUT2D eigenvalue weighted by Gasteiger charge is 2.15. The fraction of sp³-hybridized carbons (Fsp3) is 0.0741. The van der Waals surface area contributed by atoms with Crippen molar-refractivity contribution in [1.29, 1.82) is 0 Å². The number of hydrogen-bond acceptors (Lipinski definition) is 3. The van der Waals surface area contributed by atoms with Crippen molar-refractivity contribution in [3.05, 3.63) is 114 Å². The van der Waals surface area contributed by atoms with Crippen molar-refractivity contribution in [2.24, 2.45) is 0 Å². The Morgan fingerprint density at radius 2 is 1.36 bits per heavy atom. The highest BCUT2D eigenvalue weighted by Crippen LogP contribution is 2.24. The van der Waals surface area contributed by atoms with Gasteiger partial charge in [0.15, 0.2) is 0 Å². The van der Waals surface area contributed by atoms with Crippen LogP contribution in [-0.2, 0) is 21.2 Å². The van der Waals surface area contributed by atoms with E-state index in [0.29, 0.717) is 11.4 Å². The molecule has 0 bridgehead atoms. The van der Waals surface area contributed by atoms with E-state index in [2.05, 4.69) is 10.0 Å². The van der Waals surface area contributed by atoms with Crippen molar-refractivity contribution in [2.45, 2.75) is 18.2 Å². The molecule has 0 aliphatic rings. The number of benzene rings is 4. The lowest BCUT2D eigenvalue weighted by atomic mass is 10.0. The lowest BCUT2D eigenvalue weighted by molar-refractivity contribution is -0.115. The van der Waals surface area contributed by atoms with Crippen LogP contribution in [0.1, 0.15) is 11.1 Å². The van der Waals surface area contributed by atoms with Crippen molar-refractivity contribution in [3.8, 4) is 11.1 Å². The molecule has 0 heterocycles. The molecule has 33 heavy (non-hydrogen) atoms. The maximum atomic E-state index is 12.7. The number of amides is 1. The van der Waals surface area contributed by atoms with E-state index in [0.717, 1.165) is 22.3 Å². The Balaban J connectivity index is 1.43. The first-order chi connectivity index (χ1) is 15.9. The molecule has 4 aromatic carbocycles. The molecule has 0 radical (unpaired) electrons. The third kappa shape index (κ3) is 5.67. The third-order valence-electron chi connectivity index (χ3n) is 5.24. The zero-order chi connectivity index (χ0) is 23.3. The molecule has 2 N–H and O–H groups in total. The average molecular weight is 457 g/mol. The van der Waals surface area contributed by atoms with Crippen LogP contribution in [0.2, 0.25) is 0 Å². The van der Waals surface area contributed by atoms with Gasteiger partial charge in [-0.3, -0.25) is 9.52 Å². The summed E-state index contributed by atoms with van der Waals surface area (Å²) in [5, 5.41) is 2.86. The lowest BCUT2D eigenvalue weighted by Crippen LogP contribution is -2.16. The Morgan fingerprint density at radius 1 is 0.758 bits per heavy atom. The predicted molar refractivity (Wildman–Crippen MR) is 133 cm³/mol. The average Bonchev–Trinajstić information content (AvgIpc) is 2.83. The summed E-state index contributed by atoms with van der Waals surface area (Å²) in [5.41, 5.74) is 4.81. The van der Waals surface area contributed by atoms with Gasteiger partial charge in [0.2, 0.25) is 5.91 Å². The van der Waals surface area contributed by atoms with Gasteiger partial charge in [-0.2, -0.15) is 0 Å². The maximum Gasteiger partial charge on any atom is 0.261 e. The summed E-state index contributed by atoms with van der Waals surface area (Å²) in [5.74, 6) is -0.178. The van der Waals surface area contributed by atoms with Gasteiger partial charge in [-0.15, -0.1) is 0 Å². The molecule has 0 fully saturated rings. The fourth-order valence-electron chi connectivity index (χ4n) is 3.45. The van der Waals surface area contributed by atoms with Crippen LogP contribution in [0.5, 0.6) is 0 Å². The molecule has 0 aliphatic carbocycles. The Labute approximate surface area is 194 Å². The first-order valence-corrected chi connectivity index (χ1v) is 12.0. The van der Waals surface area contributed by atoms with Gasteiger partial charge in [0.05, 0.1) is 17.0 Å². The minimum Gasteiger partial charge on any atom is -0.326 e. The van der Waals surface area contributed by atoms with E-state index in [9.17, 15) is 13.2 Å². The quantitative estimate of drug-likeness (QED) is 0.378. The van der Waals surface area contributed by atoms with E-state index >= 15 is 0 Å². The van der Waals surface area contributed by atoms with Gasteiger partial charge in [-0.05, 0) is 53.4 Å². The molecule has 0 spiro atoms. The maximum absolute atomic E-state index is 12.7. The van der Waals surface area contributed by atoms with E-state index in [4.69, 9.17) is 0 Å². The zero-order valence-corrected chi connectivity index (χ0v) is 19.0. The zero-order valence-electron chi connectivity index (χ0n) is 18.2. The molecule has 1 amide bonds. The summed E-state index contributed by atoms with van der Waals surface area (Å²) < 4.78 is 27.9. The van der Waals surface area contributed by atoms with Crippen molar-refractivity contribution >= 4 is 27.3 Å². The van der Waals surface area contributed by atoms with Gasteiger partial charge in [0.25, 0.3) is 10.0 Å². The molecule has 0 saturated heterocycles. The molecule has 0 unspecified atom stereocenters. The third-order valence-corrected chi connectivity index (χ3v) is 6.63. The van der Waals surface area contributed by atoms with Gasteiger partial charge in [0.1, 0.15) is 0 Å². The smallest absolute Gasteiger partial charge is 0.261 e. The molecule has 166 valence electrons. The Kier molecular flexibility index (Phi) is 6.56. The first kappa shape index (κ1) is 22.3. The Bertz CT molecular complexity index is 1350. The summed E-state index contributed by atoms with van der Waals surface area (Å²) in [4.78, 5) is 12.8. The molecule has 0 aromatic heterocycles. The van der Waals surface area contributed by atoms with E-state index in [-0.39, 0.29) is 17.2 Å². The van der Waals surface area contributed by atoms with E-state index in [1.165, 1.54) is 12.1 Å². The molecule has 4 aromatic rings. The largest absolute Gasteiger partial charge is 0.326 e. The fourth-order valence-corrected chi connectivity index (χ4v) is 4.59. The van der Waals surface area contributed by atoms with Crippen LogP contribution in [0.15, 0.2) is 108 Å². The normalized spacial score (nSPS) is 11.1. The second kappa shape index (κ2) is 9.71. The molecule has 4 rings (SSSR count). The monoisotopic (exact) mass is 456 g/mol. The van der Waals surface area contributed by atoms with E-state index in [1.54, 1.807) is 36.4 Å². The van der Waals surface area contributed by atoms with Gasteiger partial charge >= 0.3 is 0 Å². The molecule has 0 aliphatic heterocycles. The number of rotatable bonds is 7. The number of sulfonamides is 1. The second-order valence-corrected chi connectivity index (χ2v) is 9.42. The number of anilines is 2. The summed E-state index contributed by atoms with van der Waals surface area (Å²) in [7, 11) is -3.72. The van der Waals surface area contributed by atoms with Crippen LogP contribution in [0, 0.1) is 6.92 Å². The number of nitrogens with one attached hydrogen (secondary N) is 2. The number of hydrogen-bond donors (Lipinski definition) is 2. The van der Waals surface area contributed by atoms with Crippen LogP contribution in [-0.4, -0.2) is 14.3 Å². The highest BCUT2D eigenvalue weighted by atomic mass is 32.2. The predicted octanol–water partition coefficient (Wildman–Crippen LogP) is 5.64. The molecule has 6 heteroatoms. The molecule has 5 nitrogen and oxygen atoms in total. The molecule has 0 saturated carbocycles. The summed E-state index contributed by atoms with van der Waals surface area (Å²) >= 11 is 0. The topological polar surface area (TPSA) is 75.3 Å². The van der Waals surface area contributed by atoms with E-state index in [1.807, 2.05) is 61.5 Å². The highest BCUT2D eigenvalue weighted by molar-refractivity contribution is 7.92. The first-order valence-electron chi connectivity index (χ1n) is 10.5. The SMILES string of the molecule is Cc1ccc(NC(=O)Cc2ccc(-c3ccccc3)cc2)cc1NS(=O)(=O)c1ccccc1. The Morgan fingerprint density at radius 3 is 2.03 bits per heavy atom. The van der Waals surface area contributed by atoms with E-state index < -0.39 is 10.0 Å². The number of carbonyl (C=O) groups is 1. The van der Waals surface area contributed by atoms with Crippen LogP contribution in [0.25, 0.3) is 11.1 Å². The minimum absolute atomic E-state index is 0.178. The van der Waals surface area contributed by atoms with Crippen LogP contribution < -0.4 is 10.0 Å². The van der Waals surface area contributed by atoms with Crippen molar-refractivity contribution in [2.75, 3.05) is 10.0 Å². The molecule has 0 atom stereocenters. The Hall–Kier alpha value is -3.90. The van der Waals surface area contributed by atoms with Crippen LogP contribution >= 0.6 is 0 Å². The van der Waals surface area contributed by atoms with Gasteiger partial charge in [-0.1, -0.05) is 78.9 Å². The van der Waals surface area contributed by atoms with Crippen molar-refractivity contribution in [1.82, 2.24) is 0 Å². The molecular weight excluding hydrogens is 432 g/mol. The van der Waals surface area contributed by atoms with Crippen LogP contribution in [0.4, 0.5) is 11.4 Å². The van der Waals surface area contributed by atoms with Gasteiger partial charge in [0, 0.05) is 5.69 Å². The lowest BCUT2D eigenvalue weighted by Gasteiger charge is -2.13. The standard InChI is InChI=1S/C27H24N2O3S/c1-20-12-17-24(19-26(20)29-33(31,32)25-10-6-3-7-11-25)28-27(30)18-21-13-15-23(16-14-21)22-8-4-2-5-9-22/h2-17,19,29H,18H2,1H3,(H,28,30). The van der Waals surface area contributed by atoms with Crippen LogP contribution in [0.3, 0.4) is 0 Å². The molecular formula is C27H24N2O3S. The summed E-state index contributed by atoms with van der Waals surface area (Å²) in [6.07, 6.45) is 0.216. The van der Waals surface area contributed by atoms with Gasteiger partial charge < -0.3 is 5.32 Å². The van der Waals surface area contributed by atoms with Gasteiger partial charge in [-0.25, -0.2) is 8.42 Å². The second-order valence-electron chi connectivity index (χ2n) is 7.74. The number of carbonyl (C=O) groups excluding carboxylic acids is 1. The van der Waals surface area contributed by atoms with Crippen molar-refractivity contribution in [3.63, 3.8) is 0 Å².